The second-order valence-corrected chi connectivity index (χ2v) is 5.46. The summed E-state index contributed by atoms with van der Waals surface area (Å²) < 4.78 is 37.3. The molecule has 0 amide bonds. The molecule has 4 nitrogen and oxygen atoms in total. The SMILES string of the molecule is OCCC(Nc1ccc(C(F)(F)F)nn1)C1CCCCC1. The van der Waals surface area contributed by atoms with Crippen molar-refractivity contribution in [1.82, 2.24) is 10.2 Å². The molecule has 118 valence electrons. The van der Waals surface area contributed by atoms with Crippen molar-refractivity contribution >= 4 is 5.82 Å². The van der Waals surface area contributed by atoms with Gasteiger partial charge in [-0.25, -0.2) is 0 Å². The lowest BCUT2D eigenvalue weighted by Crippen LogP contribution is -2.32. The van der Waals surface area contributed by atoms with Gasteiger partial charge >= 0.3 is 6.18 Å². The quantitative estimate of drug-likeness (QED) is 0.877. The summed E-state index contributed by atoms with van der Waals surface area (Å²) in [5, 5.41) is 19.1. The van der Waals surface area contributed by atoms with Gasteiger partial charge in [0.15, 0.2) is 5.69 Å². The molecule has 21 heavy (non-hydrogen) atoms. The van der Waals surface area contributed by atoms with Crippen molar-refractivity contribution in [3.05, 3.63) is 17.8 Å². The Morgan fingerprint density at radius 2 is 1.90 bits per heavy atom. The smallest absolute Gasteiger partial charge is 0.396 e. The van der Waals surface area contributed by atoms with E-state index in [-0.39, 0.29) is 12.6 Å². The lowest BCUT2D eigenvalue weighted by molar-refractivity contribution is -0.141. The minimum Gasteiger partial charge on any atom is -0.396 e. The van der Waals surface area contributed by atoms with Crippen LogP contribution in [-0.2, 0) is 6.18 Å². The highest BCUT2D eigenvalue weighted by Gasteiger charge is 2.33. The van der Waals surface area contributed by atoms with Gasteiger partial charge in [-0.3, -0.25) is 0 Å². The molecule has 1 saturated carbocycles. The molecule has 1 heterocycles. The molecule has 1 aliphatic rings. The summed E-state index contributed by atoms with van der Waals surface area (Å²) in [4.78, 5) is 0. The van der Waals surface area contributed by atoms with Gasteiger partial charge < -0.3 is 10.4 Å². The highest BCUT2D eigenvalue weighted by Crippen LogP contribution is 2.30. The summed E-state index contributed by atoms with van der Waals surface area (Å²) in [6.45, 7) is 0.0439. The zero-order valence-corrected chi connectivity index (χ0v) is 11.7. The Morgan fingerprint density at radius 1 is 1.19 bits per heavy atom. The largest absolute Gasteiger partial charge is 0.435 e. The Balaban J connectivity index is 2.02. The first-order valence-electron chi connectivity index (χ1n) is 7.29. The fourth-order valence-electron chi connectivity index (χ4n) is 2.85. The highest BCUT2D eigenvalue weighted by atomic mass is 19.4. The van der Waals surface area contributed by atoms with Crippen molar-refractivity contribution < 1.29 is 18.3 Å². The van der Waals surface area contributed by atoms with Gasteiger partial charge in [0.05, 0.1) is 0 Å². The Morgan fingerprint density at radius 3 is 2.43 bits per heavy atom. The van der Waals surface area contributed by atoms with Crippen molar-refractivity contribution in [2.24, 2.45) is 5.92 Å². The highest BCUT2D eigenvalue weighted by molar-refractivity contribution is 5.35. The zero-order valence-electron chi connectivity index (χ0n) is 11.7. The Labute approximate surface area is 121 Å². The Kier molecular flexibility index (Phi) is 5.39. The summed E-state index contributed by atoms with van der Waals surface area (Å²) in [7, 11) is 0. The molecule has 1 fully saturated rings. The van der Waals surface area contributed by atoms with E-state index in [9.17, 15) is 18.3 Å². The van der Waals surface area contributed by atoms with E-state index in [1.807, 2.05) is 0 Å². The topological polar surface area (TPSA) is 58.0 Å². The third kappa shape index (κ3) is 4.56. The number of anilines is 1. The maximum Gasteiger partial charge on any atom is 0.435 e. The third-order valence-electron chi connectivity index (χ3n) is 3.95. The maximum absolute atomic E-state index is 12.4. The molecule has 0 aliphatic heterocycles. The monoisotopic (exact) mass is 303 g/mol. The molecule has 0 bridgehead atoms. The first kappa shape index (κ1) is 16.0. The summed E-state index contributed by atoms with van der Waals surface area (Å²) >= 11 is 0. The van der Waals surface area contributed by atoms with Gasteiger partial charge in [-0.15, -0.1) is 10.2 Å². The molecule has 2 N–H and O–H groups in total. The Bertz CT molecular complexity index is 430. The van der Waals surface area contributed by atoms with Crippen LogP contribution in [-0.4, -0.2) is 28.0 Å². The van der Waals surface area contributed by atoms with E-state index in [0.717, 1.165) is 31.7 Å². The summed E-state index contributed by atoms with van der Waals surface area (Å²) in [6, 6.07) is 2.25. The molecule has 0 spiro atoms. The molecule has 1 unspecified atom stereocenters. The van der Waals surface area contributed by atoms with Crippen LogP contribution in [0.25, 0.3) is 0 Å². The van der Waals surface area contributed by atoms with Crippen molar-refractivity contribution in [3.8, 4) is 0 Å². The van der Waals surface area contributed by atoms with Crippen LogP contribution < -0.4 is 5.32 Å². The first-order valence-corrected chi connectivity index (χ1v) is 7.29. The molecular weight excluding hydrogens is 283 g/mol. The number of nitrogens with one attached hydrogen (secondary N) is 1. The minimum absolute atomic E-state index is 0.0290. The number of halogens is 3. The van der Waals surface area contributed by atoms with Crippen LogP contribution in [0.4, 0.5) is 19.0 Å². The molecule has 1 aromatic rings. The molecule has 0 aromatic carbocycles. The van der Waals surface area contributed by atoms with Crippen molar-refractivity contribution in [1.29, 1.82) is 0 Å². The van der Waals surface area contributed by atoms with Crippen LogP contribution >= 0.6 is 0 Å². The maximum atomic E-state index is 12.4. The molecule has 1 aromatic heterocycles. The van der Waals surface area contributed by atoms with E-state index in [0.29, 0.717) is 18.2 Å². The predicted octanol–water partition coefficient (Wildman–Crippen LogP) is 3.24. The van der Waals surface area contributed by atoms with E-state index < -0.39 is 11.9 Å². The summed E-state index contributed by atoms with van der Waals surface area (Å²) in [5.41, 5.74) is -0.996. The van der Waals surface area contributed by atoms with Crippen molar-refractivity contribution in [3.63, 3.8) is 0 Å². The van der Waals surface area contributed by atoms with Gasteiger partial charge in [0.2, 0.25) is 0 Å². The third-order valence-corrected chi connectivity index (χ3v) is 3.95. The number of aromatic nitrogens is 2. The second kappa shape index (κ2) is 7.06. The van der Waals surface area contributed by atoms with Crippen LogP contribution in [0, 0.1) is 5.92 Å². The molecule has 0 radical (unpaired) electrons. The van der Waals surface area contributed by atoms with E-state index >= 15 is 0 Å². The van der Waals surface area contributed by atoms with Crippen molar-refractivity contribution in [2.45, 2.75) is 50.7 Å². The number of aliphatic hydroxyl groups is 1. The summed E-state index contributed by atoms with van der Waals surface area (Å²) in [5.74, 6) is 0.752. The number of alkyl halides is 3. The van der Waals surface area contributed by atoms with E-state index in [1.54, 1.807) is 0 Å². The minimum atomic E-state index is -4.47. The predicted molar refractivity (Wildman–Crippen MR) is 72.7 cm³/mol. The molecule has 0 saturated heterocycles. The lowest BCUT2D eigenvalue weighted by Gasteiger charge is -2.30. The molecule has 1 aliphatic carbocycles. The lowest BCUT2D eigenvalue weighted by atomic mass is 9.83. The van der Waals surface area contributed by atoms with Crippen LogP contribution in [0.15, 0.2) is 12.1 Å². The number of rotatable bonds is 5. The standard InChI is InChI=1S/C14H20F3N3O/c15-14(16,17)12-6-7-13(20-19-12)18-11(8-9-21)10-4-2-1-3-5-10/h6-7,10-11,21H,1-5,8-9H2,(H,18,20). The van der Waals surface area contributed by atoms with Gasteiger partial charge in [-0.2, -0.15) is 13.2 Å². The first-order chi connectivity index (χ1) is 10.0. The normalized spacial score (nSPS) is 18.5. The van der Waals surface area contributed by atoms with Gasteiger partial charge in [0.25, 0.3) is 0 Å². The van der Waals surface area contributed by atoms with E-state index in [1.165, 1.54) is 12.5 Å². The Hall–Kier alpha value is -1.37. The van der Waals surface area contributed by atoms with Crippen LogP contribution in [0.5, 0.6) is 0 Å². The average Bonchev–Trinajstić information content (AvgIpc) is 2.47. The number of hydrogen-bond donors (Lipinski definition) is 2. The number of hydrogen-bond acceptors (Lipinski definition) is 4. The zero-order chi connectivity index (χ0) is 15.3. The molecule has 2 rings (SSSR count). The van der Waals surface area contributed by atoms with Gasteiger partial charge in [0.1, 0.15) is 5.82 Å². The average molecular weight is 303 g/mol. The van der Waals surface area contributed by atoms with Gasteiger partial charge in [-0.05, 0) is 37.3 Å². The summed E-state index contributed by atoms with van der Waals surface area (Å²) in [6.07, 6.45) is 1.78. The van der Waals surface area contributed by atoms with Crippen molar-refractivity contribution in [2.75, 3.05) is 11.9 Å². The van der Waals surface area contributed by atoms with Gasteiger partial charge in [0, 0.05) is 12.6 Å². The van der Waals surface area contributed by atoms with Crippen LogP contribution in [0.2, 0.25) is 0 Å². The van der Waals surface area contributed by atoms with Gasteiger partial charge in [-0.1, -0.05) is 19.3 Å². The fourth-order valence-corrected chi connectivity index (χ4v) is 2.85. The molecule has 1 atom stereocenters. The fraction of sp³-hybridized carbons (Fsp3) is 0.714. The van der Waals surface area contributed by atoms with Crippen LogP contribution in [0.1, 0.15) is 44.2 Å². The molecule has 7 heteroatoms. The molecular formula is C14H20F3N3O. The van der Waals surface area contributed by atoms with Crippen LogP contribution in [0.3, 0.4) is 0 Å². The second-order valence-electron chi connectivity index (χ2n) is 5.46. The number of nitrogens with zero attached hydrogens (tertiary/aromatic N) is 2. The van der Waals surface area contributed by atoms with E-state index in [2.05, 4.69) is 15.5 Å². The van der Waals surface area contributed by atoms with E-state index in [4.69, 9.17) is 0 Å². The number of aliphatic hydroxyl groups excluding tert-OH is 1.